The zero-order chi connectivity index (χ0) is 18.3. The van der Waals surface area contributed by atoms with Gasteiger partial charge in [-0.15, -0.1) is 0 Å². The van der Waals surface area contributed by atoms with Crippen LogP contribution in [0, 0.1) is 0 Å². The first-order chi connectivity index (χ1) is 11.9. The lowest BCUT2D eigenvalue weighted by atomic mass is 9.90. The van der Waals surface area contributed by atoms with Crippen molar-refractivity contribution in [3.8, 4) is 0 Å². The molecule has 0 fully saturated rings. The van der Waals surface area contributed by atoms with Crippen LogP contribution in [0.25, 0.3) is 0 Å². The maximum absolute atomic E-state index is 11.8. The van der Waals surface area contributed by atoms with Crippen molar-refractivity contribution in [1.82, 2.24) is 15.4 Å². The number of amides is 1. The largest absolute Gasteiger partial charge is 0.356 e. The van der Waals surface area contributed by atoms with E-state index in [9.17, 15) is 13.2 Å². The van der Waals surface area contributed by atoms with E-state index in [1.165, 1.54) is 0 Å². The summed E-state index contributed by atoms with van der Waals surface area (Å²) < 4.78 is 24.4. The lowest BCUT2D eigenvalue weighted by Gasteiger charge is -2.26. The SMILES string of the molecule is CN=C(NCCCNS(C)(=O)=O)NCC1CC(=O)Nc2ccccc21. The van der Waals surface area contributed by atoms with E-state index in [4.69, 9.17) is 0 Å². The highest BCUT2D eigenvalue weighted by atomic mass is 32.2. The molecule has 1 aliphatic heterocycles. The summed E-state index contributed by atoms with van der Waals surface area (Å²) in [6.07, 6.45) is 2.21. The van der Waals surface area contributed by atoms with Crippen LogP contribution in [0.15, 0.2) is 29.3 Å². The van der Waals surface area contributed by atoms with Gasteiger partial charge >= 0.3 is 0 Å². The van der Waals surface area contributed by atoms with Gasteiger partial charge in [0.25, 0.3) is 0 Å². The highest BCUT2D eigenvalue weighted by Crippen LogP contribution is 2.31. The zero-order valence-electron chi connectivity index (χ0n) is 14.5. The minimum atomic E-state index is -3.15. The topological polar surface area (TPSA) is 112 Å². The molecule has 0 aliphatic carbocycles. The smallest absolute Gasteiger partial charge is 0.225 e. The van der Waals surface area contributed by atoms with Gasteiger partial charge in [-0.25, -0.2) is 13.1 Å². The fraction of sp³-hybridized carbons (Fsp3) is 0.500. The van der Waals surface area contributed by atoms with Crippen LogP contribution in [0.3, 0.4) is 0 Å². The summed E-state index contributed by atoms with van der Waals surface area (Å²) >= 11 is 0. The normalized spacial score (nSPS) is 17.6. The average molecular weight is 367 g/mol. The first-order valence-electron chi connectivity index (χ1n) is 8.17. The number of carbonyl (C=O) groups excluding carboxylic acids is 1. The third-order valence-electron chi connectivity index (χ3n) is 3.86. The molecule has 1 amide bonds. The van der Waals surface area contributed by atoms with E-state index in [-0.39, 0.29) is 11.8 Å². The van der Waals surface area contributed by atoms with E-state index in [1.54, 1.807) is 7.05 Å². The highest BCUT2D eigenvalue weighted by molar-refractivity contribution is 7.88. The fourth-order valence-electron chi connectivity index (χ4n) is 2.68. The second kappa shape index (κ2) is 8.82. The molecule has 1 atom stereocenters. The molecule has 1 aliphatic rings. The third kappa shape index (κ3) is 6.35. The maximum Gasteiger partial charge on any atom is 0.225 e. The Morgan fingerprint density at radius 1 is 1.28 bits per heavy atom. The van der Waals surface area contributed by atoms with Crippen LogP contribution in [-0.4, -0.2) is 53.2 Å². The number of hydrogen-bond donors (Lipinski definition) is 4. The summed E-state index contributed by atoms with van der Waals surface area (Å²) in [7, 11) is -1.48. The number of anilines is 1. The van der Waals surface area contributed by atoms with Gasteiger partial charge in [-0.3, -0.25) is 9.79 Å². The first kappa shape index (κ1) is 19.2. The Hall–Kier alpha value is -2.13. The van der Waals surface area contributed by atoms with E-state index in [0.717, 1.165) is 17.5 Å². The molecule has 0 saturated heterocycles. The number of nitrogens with zero attached hydrogens (tertiary/aromatic N) is 1. The second-order valence-corrected chi connectivity index (χ2v) is 7.77. The van der Waals surface area contributed by atoms with Gasteiger partial charge in [0.1, 0.15) is 0 Å². The summed E-state index contributed by atoms with van der Waals surface area (Å²) in [5, 5.41) is 9.25. The van der Waals surface area contributed by atoms with Crippen LogP contribution >= 0.6 is 0 Å². The zero-order valence-corrected chi connectivity index (χ0v) is 15.3. The Balaban J connectivity index is 1.80. The van der Waals surface area contributed by atoms with Crippen molar-refractivity contribution in [2.75, 3.05) is 38.3 Å². The van der Waals surface area contributed by atoms with Crippen molar-refractivity contribution in [2.45, 2.75) is 18.8 Å². The van der Waals surface area contributed by atoms with Crippen molar-refractivity contribution in [2.24, 2.45) is 4.99 Å². The average Bonchev–Trinajstić information content (AvgIpc) is 2.56. The molecule has 8 nitrogen and oxygen atoms in total. The third-order valence-corrected chi connectivity index (χ3v) is 4.58. The number of sulfonamides is 1. The van der Waals surface area contributed by atoms with Crippen LogP contribution in [0.4, 0.5) is 5.69 Å². The minimum Gasteiger partial charge on any atom is -0.356 e. The molecular formula is C16H25N5O3S. The molecule has 1 aromatic carbocycles. The summed E-state index contributed by atoms with van der Waals surface area (Å²) in [6.45, 7) is 1.55. The highest BCUT2D eigenvalue weighted by Gasteiger charge is 2.24. The van der Waals surface area contributed by atoms with E-state index >= 15 is 0 Å². The number of aliphatic imine (C=N–C) groups is 1. The molecule has 1 aromatic rings. The van der Waals surface area contributed by atoms with Gasteiger partial charge in [0, 0.05) is 44.7 Å². The predicted octanol–water partition coefficient (Wildman–Crippen LogP) is 0.217. The summed E-state index contributed by atoms with van der Waals surface area (Å²) in [4.78, 5) is 16.0. The number of carbonyl (C=O) groups is 1. The van der Waals surface area contributed by atoms with Gasteiger partial charge in [-0.05, 0) is 18.1 Å². The van der Waals surface area contributed by atoms with Crippen LogP contribution in [0.2, 0.25) is 0 Å². The summed E-state index contributed by atoms with van der Waals surface area (Å²) in [5.74, 6) is 0.721. The van der Waals surface area contributed by atoms with E-state index in [2.05, 4.69) is 25.7 Å². The molecule has 0 saturated carbocycles. The standard InChI is InChI=1S/C16H25N5O3S/c1-17-16(18-8-5-9-20-25(2,23)24)19-11-12-10-15(22)21-14-7-4-3-6-13(12)14/h3-4,6-7,12,20H,5,8-11H2,1-2H3,(H,21,22)(H2,17,18,19). The van der Waals surface area contributed by atoms with Gasteiger partial charge < -0.3 is 16.0 Å². The number of rotatable bonds is 7. The van der Waals surface area contributed by atoms with Gasteiger partial charge in [0.15, 0.2) is 5.96 Å². The lowest BCUT2D eigenvalue weighted by Crippen LogP contribution is -2.41. The van der Waals surface area contributed by atoms with Crippen molar-refractivity contribution in [1.29, 1.82) is 0 Å². The second-order valence-electron chi connectivity index (χ2n) is 5.94. The Labute approximate surface area is 148 Å². The molecule has 0 spiro atoms. The Morgan fingerprint density at radius 2 is 2.04 bits per heavy atom. The quantitative estimate of drug-likeness (QED) is 0.313. The van der Waals surface area contributed by atoms with Gasteiger partial charge in [0.2, 0.25) is 15.9 Å². The molecule has 0 radical (unpaired) electrons. The van der Waals surface area contributed by atoms with Gasteiger partial charge in [0.05, 0.1) is 6.26 Å². The van der Waals surface area contributed by atoms with Crippen molar-refractivity contribution >= 4 is 27.6 Å². The van der Waals surface area contributed by atoms with Crippen molar-refractivity contribution in [3.63, 3.8) is 0 Å². The van der Waals surface area contributed by atoms with E-state index in [0.29, 0.717) is 38.4 Å². The molecule has 138 valence electrons. The summed E-state index contributed by atoms with van der Waals surface area (Å²) in [5.41, 5.74) is 1.97. The monoisotopic (exact) mass is 367 g/mol. The van der Waals surface area contributed by atoms with E-state index in [1.807, 2.05) is 24.3 Å². The molecule has 4 N–H and O–H groups in total. The lowest BCUT2D eigenvalue weighted by molar-refractivity contribution is -0.116. The Bertz CT molecular complexity index is 733. The van der Waals surface area contributed by atoms with Gasteiger partial charge in [-0.2, -0.15) is 0 Å². The van der Waals surface area contributed by atoms with Crippen LogP contribution < -0.4 is 20.7 Å². The molecule has 0 aromatic heterocycles. The van der Waals surface area contributed by atoms with Crippen LogP contribution in [0.5, 0.6) is 0 Å². The van der Waals surface area contributed by atoms with Crippen LogP contribution in [0.1, 0.15) is 24.3 Å². The molecule has 1 unspecified atom stereocenters. The maximum atomic E-state index is 11.8. The van der Waals surface area contributed by atoms with E-state index < -0.39 is 10.0 Å². The fourth-order valence-corrected chi connectivity index (χ4v) is 3.19. The Morgan fingerprint density at radius 3 is 2.76 bits per heavy atom. The number of guanidine groups is 1. The number of hydrogen-bond acceptors (Lipinski definition) is 4. The van der Waals surface area contributed by atoms with Crippen molar-refractivity contribution in [3.05, 3.63) is 29.8 Å². The van der Waals surface area contributed by atoms with Gasteiger partial charge in [-0.1, -0.05) is 18.2 Å². The molecular weight excluding hydrogens is 342 g/mol. The first-order valence-corrected chi connectivity index (χ1v) is 10.1. The predicted molar refractivity (Wildman–Crippen MR) is 99.3 cm³/mol. The molecule has 9 heteroatoms. The minimum absolute atomic E-state index is 0.0142. The van der Waals surface area contributed by atoms with Crippen molar-refractivity contribution < 1.29 is 13.2 Å². The number of para-hydroxylation sites is 1. The van der Waals surface area contributed by atoms with Crippen LogP contribution in [-0.2, 0) is 14.8 Å². The number of fused-ring (bicyclic) bond motifs is 1. The molecule has 1 heterocycles. The molecule has 2 rings (SSSR count). The summed E-state index contributed by atoms with van der Waals surface area (Å²) in [6, 6.07) is 7.79. The molecule has 0 bridgehead atoms. The number of nitrogens with one attached hydrogen (secondary N) is 4. The Kier molecular flexibility index (Phi) is 6.77. The molecule has 25 heavy (non-hydrogen) atoms. The number of benzene rings is 1.